The second kappa shape index (κ2) is 7.38. The van der Waals surface area contributed by atoms with Crippen LogP contribution in [0.5, 0.6) is 5.75 Å². The first-order chi connectivity index (χ1) is 11.2. The minimum absolute atomic E-state index is 0.0117. The summed E-state index contributed by atoms with van der Waals surface area (Å²) in [4.78, 5) is 29.5. The fraction of sp³-hybridized carbons (Fsp3) is 0.133. The summed E-state index contributed by atoms with van der Waals surface area (Å²) < 4.78 is 30.6. The summed E-state index contributed by atoms with van der Waals surface area (Å²) >= 11 is -1.93. The van der Waals surface area contributed by atoms with Crippen molar-refractivity contribution in [3.63, 3.8) is 0 Å². The normalized spacial score (nSPS) is 12.8. The van der Waals surface area contributed by atoms with Gasteiger partial charge in [0.15, 0.2) is 11.1 Å². The molecule has 0 bridgehead atoms. The lowest BCUT2D eigenvalue weighted by Crippen LogP contribution is -2.01. The third-order valence-electron chi connectivity index (χ3n) is 3.30. The molecule has 0 aliphatic carbocycles. The van der Waals surface area contributed by atoms with Crippen molar-refractivity contribution in [1.82, 2.24) is 0 Å². The molecule has 1 atom stereocenters. The van der Waals surface area contributed by atoms with Crippen LogP contribution in [-0.4, -0.2) is 29.2 Å². The standard InChI is InChI=1S/C15H15O7PS/c16-14-6-5-12(15(17)23(18,19)20)8-13(14)7-10-1-3-11(4-2-10)9-24(21)22/h1-6,8,16H,7,9H2,(H,21,22)(H2,18,19,20). The zero-order chi connectivity index (χ0) is 17.9. The fourth-order valence-corrected chi connectivity index (χ4v) is 3.10. The number of phenols is 1. The van der Waals surface area contributed by atoms with Gasteiger partial charge in [0.25, 0.3) is 5.52 Å². The molecule has 0 aliphatic heterocycles. The Bertz CT molecular complexity index is 826. The number of hydrogen-bond donors (Lipinski definition) is 4. The number of aromatic hydroxyl groups is 1. The highest BCUT2D eigenvalue weighted by Crippen LogP contribution is 2.39. The van der Waals surface area contributed by atoms with Crippen molar-refractivity contribution in [2.24, 2.45) is 0 Å². The molecule has 0 heterocycles. The lowest BCUT2D eigenvalue weighted by atomic mass is 10.0. The van der Waals surface area contributed by atoms with E-state index in [0.717, 1.165) is 11.6 Å². The van der Waals surface area contributed by atoms with Crippen molar-refractivity contribution in [1.29, 1.82) is 0 Å². The zero-order valence-corrected chi connectivity index (χ0v) is 14.0. The predicted octanol–water partition coefficient (Wildman–Crippen LogP) is 2.02. The van der Waals surface area contributed by atoms with E-state index in [0.29, 0.717) is 11.1 Å². The summed E-state index contributed by atoms with van der Waals surface area (Å²) in [6, 6.07) is 10.4. The highest BCUT2D eigenvalue weighted by Gasteiger charge is 2.27. The van der Waals surface area contributed by atoms with E-state index in [2.05, 4.69) is 0 Å². The van der Waals surface area contributed by atoms with E-state index in [1.165, 1.54) is 12.1 Å². The Morgan fingerprint density at radius 3 is 2.17 bits per heavy atom. The largest absolute Gasteiger partial charge is 0.508 e. The first-order valence-corrected chi connectivity index (χ1v) is 9.63. The molecule has 0 aromatic heterocycles. The summed E-state index contributed by atoms with van der Waals surface area (Å²) in [5, 5.41) is 9.88. The maximum absolute atomic E-state index is 11.6. The summed E-state index contributed by atoms with van der Waals surface area (Å²) in [5.74, 6) is -0.0876. The molecule has 4 N–H and O–H groups in total. The zero-order valence-electron chi connectivity index (χ0n) is 12.3. The van der Waals surface area contributed by atoms with Crippen LogP contribution in [0.15, 0.2) is 42.5 Å². The first kappa shape index (κ1) is 18.5. The van der Waals surface area contributed by atoms with Gasteiger partial charge in [-0.2, -0.15) is 0 Å². The van der Waals surface area contributed by atoms with Crippen LogP contribution in [0.3, 0.4) is 0 Å². The molecule has 9 heteroatoms. The molecule has 0 spiro atoms. The fourth-order valence-electron chi connectivity index (χ4n) is 2.14. The topological polar surface area (TPSA) is 132 Å². The second-order valence-corrected chi connectivity index (χ2v) is 7.58. The van der Waals surface area contributed by atoms with Crippen LogP contribution >= 0.6 is 7.60 Å². The summed E-state index contributed by atoms with van der Waals surface area (Å²) in [6.07, 6.45) is 0.233. The van der Waals surface area contributed by atoms with Crippen LogP contribution < -0.4 is 0 Å². The molecule has 2 aromatic rings. The Morgan fingerprint density at radius 1 is 1.04 bits per heavy atom. The Balaban J connectivity index is 2.24. The average Bonchev–Trinajstić information content (AvgIpc) is 2.49. The van der Waals surface area contributed by atoms with Crippen LogP contribution in [-0.2, 0) is 27.8 Å². The van der Waals surface area contributed by atoms with E-state index in [4.69, 9.17) is 14.3 Å². The monoisotopic (exact) mass is 370 g/mol. The van der Waals surface area contributed by atoms with Crippen molar-refractivity contribution in [3.05, 3.63) is 64.7 Å². The molecular formula is C15H15O7PS. The van der Waals surface area contributed by atoms with E-state index in [1.54, 1.807) is 24.3 Å². The molecule has 0 radical (unpaired) electrons. The minimum Gasteiger partial charge on any atom is -0.508 e. The maximum Gasteiger partial charge on any atom is 0.396 e. The molecule has 2 aromatic carbocycles. The van der Waals surface area contributed by atoms with Crippen molar-refractivity contribution in [2.45, 2.75) is 12.2 Å². The van der Waals surface area contributed by atoms with E-state index >= 15 is 0 Å². The second-order valence-electron chi connectivity index (χ2n) is 5.15. The number of hydrogen-bond acceptors (Lipinski definition) is 4. The van der Waals surface area contributed by atoms with Gasteiger partial charge in [-0.3, -0.25) is 9.36 Å². The van der Waals surface area contributed by atoms with Gasteiger partial charge >= 0.3 is 7.60 Å². The van der Waals surface area contributed by atoms with Crippen molar-refractivity contribution < 1.29 is 33.0 Å². The van der Waals surface area contributed by atoms with Crippen LogP contribution in [0.1, 0.15) is 27.0 Å². The lowest BCUT2D eigenvalue weighted by molar-refractivity contribution is 0.104. The summed E-state index contributed by atoms with van der Waals surface area (Å²) in [6.45, 7) is 0. The van der Waals surface area contributed by atoms with Crippen LogP contribution in [0.4, 0.5) is 0 Å². The molecule has 2 rings (SSSR count). The Labute approximate surface area is 140 Å². The SMILES string of the molecule is O=C(c1ccc(O)c(Cc2ccc(CS(=O)O)cc2)c1)P(=O)(O)O. The molecule has 0 fully saturated rings. The van der Waals surface area contributed by atoms with Gasteiger partial charge in [-0.05, 0) is 34.9 Å². The number of carbonyl (C=O) groups is 1. The van der Waals surface area contributed by atoms with Crippen LogP contribution in [0, 0.1) is 0 Å². The molecule has 0 saturated carbocycles. The van der Waals surface area contributed by atoms with Gasteiger partial charge in [-0.15, -0.1) is 0 Å². The molecule has 0 aliphatic rings. The van der Waals surface area contributed by atoms with Gasteiger partial charge in [0.05, 0.1) is 5.75 Å². The van der Waals surface area contributed by atoms with E-state index in [-0.39, 0.29) is 23.5 Å². The Kier molecular flexibility index (Phi) is 5.69. The third kappa shape index (κ3) is 4.83. The van der Waals surface area contributed by atoms with Crippen LogP contribution in [0.2, 0.25) is 0 Å². The van der Waals surface area contributed by atoms with Crippen molar-refractivity contribution in [2.75, 3.05) is 0 Å². The quantitative estimate of drug-likeness (QED) is 0.452. The number of carbonyl (C=O) groups excluding carboxylic acids is 1. The van der Waals surface area contributed by atoms with E-state index in [9.17, 15) is 18.7 Å². The van der Waals surface area contributed by atoms with Crippen molar-refractivity contribution >= 4 is 24.2 Å². The molecule has 128 valence electrons. The minimum atomic E-state index is -4.89. The molecule has 7 nitrogen and oxygen atoms in total. The Hall–Kier alpha value is -1.83. The van der Waals surface area contributed by atoms with Gasteiger partial charge < -0.3 is 19.4 Å². The average molecular weight is 370 g/mol. The number of benzene rings is 2. The Morgan fingerprint density at radius 2 is 1.62 bits per heavy atom. The van der Waals surface area contributed by atoms with Gasteiger partial charge in [0.2, 0.25) is 0 Å². The first-order valence-electron chi connectivity index (χ1n) is 6.74. The van der Waals surface area contributed by atoms with Gasteiger partial charge in [0.1, 0.15) is 5.75 Å². The molecule has 24 heavy (non-hydrogen) atoms. The summed E-state index contributed by atoms with van der Waals surface area (Å²) in [5.41, 5.74) is 0.300. The maximum atomic E-state index is 11.6. The van der Waals surface area contributed by atoms with Gasteiger partial charge in [0, 0.05) is 12.0 Å². The highest BCUT2D eigenvalue weighted by molar-refractivity contribution is 7.78. The molecule has 0 amide bonds. The predicted molar refractivity (Wildman–Crippen MR) is 88.2 cm³/mol. The molecule has 1 unspecified atom stereocenters. The van der Waals surface area contributed by atoms with E-state index < -0.39 is 24.2 Å². The smallest absolute Gasteiger partial charge is 0.396 e. The van der Waals surface area contributed by atoms with Gasteiger partial charge in [-0.25, -0.2) is 4.21 Å². The third-order valence-corrected chi connectivity index (χ3v) is 4.67. The lowest BCUT2D eigenvalue weighted by Gasteiger charge is -2.09. The number of phenolic OH excluding ortho intramolecular Hbond substituents is 1. The molecular weight excluding hydrogens is 355 g/mol. The van der Waals surface area contributed by atoms with Crippen LogP contribution in [0.25, 0.3) is 0 Å². The molecule has 0 saturated heterocycles. The van der Waals surface area contributed by atoms with E-state index in [1.807, 2.05) is 0 Å². The van der Waals surface area contributed by atoms with Gasteiger partial charge in [-0.1, -0.05) is 24.3 Å². The van der Waals surface area contributed by atoms with Crippen molar-refractivity contribution in [3.8, 4) is 5.75 Å². The number of rotatable bonds is 6. The highest BCUT2D eigenvalue weighted by atomic mass is 32.2. The summed E-state index contributed by atoms with van der Waals surface area (Å²) in [7, 11) is -4.89.